The number of carbonyl (C=O) groups is 1. The summed E-state index contributed by atoms with van der Waals surface area (Å²) in [6.07, 6.45) is 4.46. The molecule has 8 N–H and O–H groups in total. The molecule has 0 aliphatic carbocycles. The van der Waals surface area contributed by atoms with Crippen molar-refractivity contribution < 1.29 is 45.6 Å². The third kappa shape index (κ3) is 19.9. The summed E-state index contributed by atoms with van der Waals surface area (Å²) >= 11 is 60.5. The SMILES string of the molecule is C[C@@H]1C[C@@H](CO)CCN1Cc1cc(Cl)c(Cl)cc1O.C[C@H]1C[C@@H](CO)CCN1Cc1cc(Cl)c(Cl)cc1O.O=Cc1cc(Cl)c(Cl)cc1O.OCc1cc(Cl)c(Cl)cc1O.Oc1cc(Cl)c(Cl)cc1CBr. The van der Waals surface area contributed by atoms with E-state index >= 15 is 0 Å². The molecule has 22 heteroatoms. The summed E-state index contributed by atoms with van der Waals surface area (Å²) in [4.78, 5) is 14.8. The number of hydrogen-bond donors (Lipinski definition) is 8. The Morgan fingerprint density at radius 3 is 1.10 bits per heavy atom. The Hall–Kier alpha value is -2.05. The average Bonchev–Trinajstić information content (AvgIpc) is 3.32. The summed E-state index contributed by atoms with van der Waals surface area (Å²) in [6, 6.07) is 15.5. The number of likely N-dealkylation sites (tertiary alicyclic amines) is 2. The van der Waals surface area contributed by atoms with E-state index in [1.165, 1.54) is 42.5 Å². The first-order valence-corrected chi connectivity index (χ1v) is 26.5. The quantitative estimate of drug-likeness (QED) is 0.0519. The fourth-order valence-corrected chi connectivity index (χ4v) is 9.47. The van der Waals surface area contributed by atoms with Crippen LogP contribution in [0.4, 0.5) is 0 Å². The largest absolute Gasteiger partial charge is 0.508 e. The maximum Gasteiger partial charge on any atom is 0.153 e. The predicted octanol–water partition coefficient (Wildman–Crippen LogP) is 14.9. The van der Waals surface area contributed by atoms with Crippen LogP contribution in [0.25, 0.3) is 0 Å². The third-order valence-corrected chi connectivity index (χ3v) is 15.7. The number of phenolic OH excluding ortho intramolecular Hbond substituents is 4. The van der Waals surface area contributed by atoms with Crippen LogP contribution < -0.4 is 0 Å². The highest BCUT2D eigenvalue weighted by Crippen LogP contribution is 2.36. The molecule has 0 amide bonds. The number of aliphatic hydroxyl groups excluding tert-OH is 3. The van der Waals surface area contributed by atoms with E-state index in [-0.39, 0.29) is 69.2 Å². The van der Waals surface area contributed by atoms with E-state index in [0.717, 1.165) is 55.5 Å². The van der Waals surface area contributed by atoms with E-state index < -0.39 is 0 Å². The highest BCUT2D eigenvalue weighted by molar-refractivity contribution is 9.08. The molecule has 4 atom stereocenters. The fourth-order valence-electron chi connectivity index (χ4n) is 7.32. The number of halogens is 11. The molecule has 0 unspecified atom stereocenters. The summed E-state index contributed by atoms with van der Waals surface area (Å²) < 4.78 is 0. The van der Waals surface area contributed by atoms with Gasteiger partial charge in [0.05, 0.1) is 62.4 Å². The molecule has 5 aromatic rings. The molecule has 11 nitrogen and oxygen atoms in total. The number of carbonyl (C=O) groups excluding carboxylic acids is 1. The number of phenols is 5. The van der Waals surface area contributed by atoms with Gasteiger partial charge >= 0.3 is 0 Å². The normalized spacial score (nSPS) is 17.8. The zero-order chi connectivity index (χ0) is 53.3. The molecule has 2 heterocycles. The van der Waals surface area contributed by atoms with Crippen LogP contribution in [-0.2, 0) is 25.0 Å². The molecule has 390 valence electrons. The molecule has 2 fully saturated rings. The second-order valence-corrected chi connectivity index (χ2v) is 21.2. The van der Waals surface area contributed by atoms with Crippen LogP contribution in [0.15, 0.2) is 60.7 Å². The van der Waals surface area contributed by atoms with Crippen LogP contribution in [0.3, 0.4) is 0 Å². The Bertz CT molecular complexity index is 2410. The number of hydrogen-bond acceptors (Lipinski definition) is 11. The van der Waals surface area contributed by atoms with Crippen molar-refractivity contribution in [1.82, 2.24) is 9.80 Å². The molecule has 0 bridgehead atoms. The number of aldehydes is 1. The summed E-state index contributed by atoms with van der Waals surface area (Å²) in [5.41, 5.74) is 2.84. The molecular formula is C49H53BrCl10N2O9. The van der Waals surface area contributed by atoms with Gasteiger partial charge in [-0.3, -0.25) is 14.6 Å². The van der Waals surface area contributed by atoms with Crippen molar-refractivity contribution in [2.75, 3.05) is 26.3 Å². The number of aromatic hydroxyl groups is 5. The zero-order valence-electron chi connectivity index (χ0n) is 38.2. The van der Waals surface area contributed by atoms with E-state index in [4.69, 9.17) is 131 Å². The van der Waals surface area contributed by atoms with Crippen molar-refractivity contribution in [2.45, 2.75) is 76.6 Å². The monoisotopic (exact) mass is 1240 g/mol. The fraction of sp³-hybridized carbons (Fsp3) is 0.367. The molecular weight excluding hydrogens is 1190 g/mol. The maximum atomic E-state index is 10.2. The molecule has 2 saturated heterocycles. The van der Waals surface area contributed by atoms with Gasteiger partial charge in [-0.2, -0.15) is 0 Å². The van der Waals surface area contributed by atoms with Gasteiger partial charge in [-0.25, -0.2) is 0 Å². The molecule has 0 aromatic heterocycles. The molecule has 2 aliphatic heterocycles. The minimum absolute atomic E-state index is 0.0399. The van der Waals surface area contributed by atoms with Crippen LogP contribution >= 0.6 is 132 Å². The molecule has 5 aromatic carbocycles. The van der Waals surface area contributed by atoms with Gasteiger partial charge in [0.2, 0.25) is 0 Å². The summed E-state index contributed by atoms with van der Waals surface area (Å²) in [6.45, 7) is 7.73. The van der Waals surface area contributed by atoms with Crippen molar-refractivity contribution >= 4 is 138 Å². The van der Waals surface area contributed by atoms with Crippen molar-refractivity contribution in [3.05, 3.63) is 139 Å². The first kappa shape index (κ1) is 63.2. The van der Waals surface area contributed by atoms with Gasteiger partial charge in [0.1, 0.15) is 28.7 Å². The van der Waals surface area contributed by atoms with E-state index in [1.807, 2.05) is 0 Å². The first-order valence-electron chi connectivity index (χ1n) is 21.6. The second-order valence-electron chi connectivity index (χ2n) is 16.6. The van der Waals surface area contributed by atoms with Crippen LogP contribution in [0.1, 0.15) is 72.1 Å². The Morgan fingerprint density at radius 1 is 0.479 bits per heavy atom. The highest BCUT2D eigenvalue weighted by atomic mass is 79.9. The zero-order valence-corrected chi connectivity index (χ0v) is 47.3. The Kier molecular flexibility index (Phi) is 27.7. The van der Waals surface area contributed by atoms with Crippen LogP contribution in [0.5, 0.6) is 28.7 Å². The highest BCUT2D eigenvalue weighted by Gasteiger charge is 2.27. The molecule has 0 spiro atoms. The molecule has 0 radical (unpaired) electrons. The van der Waals surface area contributed by atoms with Crippen LogP contribution in [-0.4, -0.2) is 95.3 Å². The van der Waals surface area contributed by atoms with Gasteiger partial charge in [-0.1, -0.05) is 132 Å². The van der Waals surface area contributed by atoms with Gasteiger partial charge < -0.3 is 40.9 Å². The van der Waals surface area contributed by atoms with E-state index in [1.54, 1.807) is 18.2 Å². The lowest BCUT2D eigenvalue weighted by Crippen LogP contribution is -2.41. The van der Waals surface area contributed by atoms with E-state index in [9.17, 15) is 30.3 Å². The molecule has 7 rings (SSSR count). The third-order valence-electron chi connectivity index (χ3n) is 11.5. The van der Waals surface area contributed by atoms with Crippen molar-refractivity contribution in [1.29, 1.82) is 0 Å². The van der Waals surface area contributed by atoms with Gasteiger partial charge in [0, 0.05) is 96.3 Å². The maximum absolute atomic E-state index is 10.2. The van der Waals surface area contributed by atoms with Gasteiger partial charge in [0.25, 0.3) is 0 Å². The lowest BCUT2D eigenvalue weighted by molar-refractivity contribution is 0.0833. The Morgan fingerprint density at radius 2 is 0.775 bits per heavy atom. The standard InChI is InChI=1S/2C14H19Cl2NO2.C7H5BrCl2O.C7H6Cl2O2.C7H4Cl2O2/c2*1-9-4-10(8-18)2-3-17(9)7-11-5-12(15)13(16)6-14(11)19;8-3-4-1-5(9)6(10)2-7(4)11;2*8-5-1-4(3-10)7(11)2-6(5)9/h2*5-6,9-10,18-19H,2-4,7-8H2,1H3;1-2,11H,3H2;1-2,10-11H,3H2;1-3,11H/t9-,10+;9-,10-;;;/m10.../s1. The number of aliphatic hydroxyl groups is 3. The van der Waals surface area contributed by atoms with E-state index in [0.29, 0.717) is 89.3 Å². The predicted molar refractivity (Wildman–Crippen MR) is 294 cm³/mol. The number of benzene rings is 5. The van der Waals surface area contributed by atoms with Crippen molar-refractivity contribution in [3.63, 3.8) is 0 Å². The number of nitrogens with zero attached hydrogens (tertiary/aromatic N) is 2. The Labute approximate surface area is 472 Å². The number of alkyl halides is 1. The van der Waals surface area contributed by atoms with Gasteiger partial charge in [-0.05, 0) is 94.8 Å². The summed E-state index contributed by atoms with van der Waals surface area (Å²) in [5, 5.41) is 78.5. The minimum Gasteiger partial charge on any atom is -0.508 e. The first-order chi connectivity index (χ1) is 33.5. The molecule has 2 aliphatic rings. The van der Waals surface area contributed by atoms with Gasteiger partial charge in [0.15, 0.2) is 6.29 Å². The Balaban J connectivity index is 0.000000241. The summed E-state index contributed by atoms with van der Waals surface area (Å²) in [7, 11) is 0. The smallest absolute Gasteiger partial charge is 0.153 e. The number of piperidine rings is 2. The lowest BCUT2D eigenvalue weighted by atomic mass is 9.92. The van der Waals surface area contributed by atoms with Gasteiger partial charge in [-0.15, -0.1) is 0 Å². The summed E-state index contributed by atoms with van der Waals surface area (Å²) in [5.74, 6) is 1.13. The number of rotatable bonds is 9. The average molecular weight is 1250 g/mol. The minimum atomic E-state index is -0.247. The van der Waals surface area contributed by atoms with Crippen LogP contribution in [0, 0.1) is 11.8 Å². The molecule has 71 heavy (non-hydrogen) atoms. The second kappa shape index (κ2) is 31.1. The van der Waals surface area contributed by atoms with Crippen molar-refractivity contribution in [3.8, 4) is 28.7 Å². The van der Waals surface area contributed by atoms with Crippen LogP contribution in [0.2, 0.25) is 50.2 Å². The van der Waals surface area contributed by atoms with E-state index in [2.05, 4.69) is 39.6 Å². The lowest BCUT2D eigenvalue weighted by Gasteiger charge is -2.37. The topological polar surface area (TPSA) is 185 Å². The van der Waals surface area contributed by atoms with Crippen molar-refractivity contribution in [2.24, 2.45) is 11.8 Å². The molecule has 0 saturated carbocycles.